The maximum absolute atomic E-state index is 12.1. The average Bonchev–Trinajstić information content (AvgIpc) is 2.55. The topological polar surface area (TPSA) is 55.4 Å². The Morgan fingerprint density at radius 3 is 2.24 bits per heavy atom. The van der Waals surface area contributed by atoms with Crippen LogP contribution in [0.4, 0.5) is 5.69 Å². The quantitative estimate of drug-likeness (QED) is 0.696. The Kier molecular flexibility index (Phi) is 4.95. The van der Waals surface area contributed by atoms with Gasteiger partial charge in [0.15, 0.2) is 0 Å². The van der Waals surface area contributed by atoms with E-state index in [1.807, 2.05) is 18.2 Å². The van der Waals surface area contributed by atoms with E-state index in [0.29, 0.717) is 11.3 Å². The van der Waals surface area contributed by atoms with Crippen molar-refractivity contribution >= 4 is 29.2 Å². The summed E-state index contributed by atoms with van der Waals surface area (Å²) in [7, 11) is 1.32. The minimum absolute atomic E-state index is 0.325. The molecule has 2 aromatic rings. The average molecular weight is 304 g/mol. The van der Waals surface area contributed by atoms with Crippen LogP contribution in [0.15, 0.2) is 54.6 Å². The number of anilines is 1. The number of esters is 1. The molecule has 0 bridgehead atoms. The zero-order valence-corrected chi connectivity index (χ0v) is 12.1. The molecule has 0 spiro atoms. The predicted octanol–water partition coefficient (Wildman–Crippen LogP) is 3.39. The second-order valence-electron chi connectivity index (χ2n) is 4.33. The normalized spacial score (nSPS) is 11.5. The summed E-state index contributed by atoms with van der Waals surface area (Å²) < 4.78 is 4.61. The third kappa shape index (κ3) is 3.83. The number of nitrogens with one attached hydrogen (secondary N) is 1. The molecule has 1 unspecified atom stereocenters. The Morgan fingerprint density at radius 2 is 1.67 bits per heavy atom. The Labute approximate surface area is 127 Å². The first-order valence-electron chi connectivity index (χ1n) is 6.30. The van der Waals surface area contributed by atoms with Crippen molar-refractivity contribution < 1.29 is 14.3 Å². The molecule has 5 heteroatoms. The summed E-state index contributed by atoms with van der Waals surface area (Å²) >= 11 is 6.12. The first kappa shape index (κ1) is 15.1. The van der Waals surface area contributed by atoms with Crippen LogP contribution in [0.3, 0.4) is 0 Å². The molecule has 0 fully saturated rings. The molecule has 21 heavy (non-hydrogen) atoms. The van der Waals surface area contributed by atoms with Gasteiger partial charge in [0.1, 0.15) is 5.38 Å². The summed E-state index contributed by atoms with van der Waals surface area (Å²) in [4.78, 5) is 23.4. The van der Waals surface area contributed by atoms with Crippen molar-refractivity contribution in [1.82, 2.24) is 0 Å². The second-order valence-corrected chi connectivity index (χ2v) is 4.77. The van der Waals surface area contributed by atoms with E-state index in [2.05, 4.69) is 10.1 Å². The summed E-state index contributed by atoms with van der Waals surface area (Å²) in [5.74, 6) is -0.749. The zero-order valence-electron chi connectivity index (χ0n) is 11.4. The highest BCUT2D eigenvalue weighted by molar-refractivity contribution is 6.32. The molecule has 1 atom stereocenters. The molecular weight excluding hydrogens is 290 g/mol. The van der Waals surface area contributed by atoms with Crippen LogP contribution in [-0.2, 0) is 9.53 Å². The van der Waals surface area contributed by atoms with Gasteiger partial charge in [-0.05, 0) is 29.8 Å². The number of benzene rings is 2. The lowest BCUT2D eigenvalue weighted by Crippen LogP contribution is -2.17. The zero-order chi connectivity index (χ0) is 15.2. The van der Waals surface area contributed by atoms with E-state index in [0.717, 1.165) is 5.56 Å². The van der Waals surface area contributed by atoms with Gasteiger partial charge < -0.3 is 10.1 Å². The van der Waals surface area contributed by atoms with Crippen molar-refractivity contribution in [3.8, 4) is 0 Å². The molecule has 1 amide bonds. The van der Waals surface area contributed by atoms with Crippen molar-refractivity contribution in [2.45, 2.75) is 5.38 Å². The number of carbonyl (C=O) groups excluding carboxylic acids is 2. The molecular formula is C16H14ClNO3. The van der Waals surface area contributed by atoms with Gasteiger partial charge in [-0.2, -0.15) is 0 Å². The molecule has 0 aliphatic rings. The molecule has 1 N–H and O–H groups in total. The van der Waals surface area contributed by atoms with Gasteiger partial charge in [-0.15, -0.1) is 11.6 Å². The van der Waals surface area contributed by atoms with Crippen molar-refractivity contribution in [1.29, 1.82) is 0 Å². The summed E-state index contributed by atoms with van der Waals surface area (Å²) in [6.07, 6.45) is 0. The molecule has 0 aliphatic heterocycles. The number of halogens is 1. The van der Waals surface area contributed by atoms with Crippen LogP contribution in [0, 0.1) is 0 Å². The minimum Gasteiger partial charge on any atom is -0.465 e. The van der Waals surface area contributed by atoms with Crippen LogP contribution < -0.4 is 5.32 Å². The van der Waals surface area contributed by atoms with Crippen LogP contribution in [0.2, 0.25) is 0 Å². The molecule has 108 valence electrons. The third-order valence-corrected chi connectivity index (χ3v) is 3.35. The number of rotatable bonds is 4. The van der Waals surface area contributed by atoms with Gasteiger partial charge in [0.2, 0.25) is 5.91 Å². The molecule has 0 radical (unpaired) electrons. The molecule has 2 aromatic carbocycles. The van der Waals surface area contributed by atoms with Crippen LogP contribution >= 0.6 is 11.6 Å². The number of carbonyl (C=O) groups is 2. The van der Waals surface area contributed by atoms with Gasteiger partial charge in [0, 0.05) is 5.69 Å². The van der Waals surface area contributed by atoms with Gasteiger partial charge >= 0.3 is 5.97 Å². The monoisotopic (exact) mass is 303 g/mol. The smallest absolute Gasteiger partial charge is 0.337 e. The maximum atomic E-state index is 12.1. The highest BCUT2D eigenvalue weighted by Gasteiger charge is 2.17. The Morgan fingerprint density at radius 1 is 1.05 bits per heavy atom. The number of alkyl halides is 1. The molecule has 4 nitrogen and oxygen atoms in total. The fourth-order valence-electron chi connectivity index (χ4n) is 1.79. The Hall–Kier alpha value is -2.33. The van der Waals surface area contributed by atoms with E-state index in [4.69, 9.17) is 11.6 Å². The van der Waals surface area contributed by atoms with Crippen LogP contribution in [0.5, 0.6) is 0 Å². The van der Waals surface area contributed by atoms with Gasteiger partial charge in [0.05, 0.1) is 12.7 Å². The highest BCUT2D eigenvalue weighted by atomic mass is 35.5. The van der Waals surface area contributed by atoms with Gasteiger partial charge in [0.25, 0.3) is 0 Å². The summed E-state index contributed by atoms with van der Waals surface area (Å²) in [5.41, 5.74) is 1.71. The van der Waals surface area contributed by atoms with Crippen LogP contribution in [0.25, 0.3) is 0 Å². The summed E-state index contributed by atoms with van der Waals surface area (Å²) in [6.45, 7) is 0. The minimum atomic E-state index is -0.772. The first-order chi connectivity index (χ1) is 10.1. The second kappa shape index (κ2) is 6.90. The largest absolute Gasteiger partial charge is 0.465 e. The van der Waals surface area contributed by atoms with Crippen molar-refractivity contribution in [2.75, 3.05) is 12.4 Å². The van der Waals surface area contributed by atoms with Gasteiger partial charge in [-0.3, -0.25) is 4.79 Å². The lowest BCUT2D eigenvalue weighted by Gasteiger charge is -2.11. The van der Waals surface area contributed by atoms with E-state index in [1.165, 1.54) is 7.11 Å². The molecule has 2 rings (SSSR count). The number of amides is 1. The summed E-state index contributed by atoms with van der Waals surface area (Å²) in [5, 5.41) is 1.93. The summed E-state index contributed by atoms with van der Waals surface area (Å²) in [6, 6.07) is 15.5. The fourth-order valence-corrected chi connectivity index (χ4v) is 1.99. The lowest BCUT2D eigenvalue weighted by atomic mass is 10.1. The van der Waals surface area contributed by atoms with Crippen LogP contribution in [-0.4, -0.2) is 19.0 Å². The van der Waals surface area contributed by atoms with Crippen molar-refractivity contribution in [2.24, 2.45) is 0 Å². The molecule has 0 saturated carbocycles. The van der Waals surface area contributed by atoms with E-state index < -0.39 is 11.3 Å². The lowest BCUT2D eigenvalue weighted by molar-refractivity contribution is -0.116. The Bertz CT molecular complexity index is 626. The van der Waals surface area contributed by atoms with Gasteiger partial charge in [-0.25, -0.2) is 4.79 Å². The Balaban J connectivity index is 2.04. The maximum Gasteiger partial charge on any atom is 0.337 e. The predicted molar refractivity (Wildman–Crippen MR) is 81.4 cm³/mol. The third-order valence-electron chi connectivity index (χ3n) is 2.90. The number of ether oxygens (including phenoxy) is 1. The van der Waals surface area contributed by atoms with Gasteiger partial charge in [-0.1, -0.05) is 30.3 Å². The molecule has 0 aliphatic carbocycles. The molecule has 0 saturated heterocycles. The standard InChI is InChI=1S/C16H14ClNO3/c1-21-16(20)12-7-9-13(10-8-12)18-15(19)14(17)11-5-3-2-4-6-11/h2-10,14H,1H3,(H,18,19). The van der Waals surface area contributed by atoms with E-state index >= 15 is 0 Å². The van der Waals surface area contributed by atoms with Crippen molar-refractivity contribution in [3.63, 3.8) is 0 Å². The number of methoxy groups -OCH3 is 1. The van der Waals surface area contributed by atoms with Crippen molar-refractivity contribution in [3.05, 3.63) is 65.7 Å². The number of hydrogen-bond acceptors (Lipinski definition) is 3. The highest BCUT2D eigenvalue weighted by Crippen LogP contribution is 2.22. The first-order valence-corrected chi connectivity index (χ1v) is 6.73. The fraction of sp³-hybridized carbons (Fsp3) is 0.125. The van der Waals surface area contributed by atoms with E-state index in [9.17, 15) is 9.59 Å². The van der Waals surface area contributed by atoms with E-state index in [1.54, 1.807) is 36.4 Å². The van der Waals surface area contributed by atoms with Crippen LogP contribution in [0.1, 0.15) is 21.3 Å². The van der Waals surface area contributed by atoms with E-state index in [-0.39, 0.29) is 5.91 Å². The molecule has 0 aromatic heterocycles. The number of hydrogen-bond donors (Lipinski definition) is 1. The SMILES string of the molecule is COC(=O)c1ccc(NC(=O)C(Cl)c2ccccc2)cc1. The molecule has 0 heterocycles.